The van der Waals surface area contributed by atoms with Gasteiger partial charge in [-0.2, -0.15) is 0 Å². The second-order valence-electron chi connectivity index (χ2n) is 5.01. The van der Waals surface area contributed by atoms with Crippen LogP contribution in [0.15, 0.2) is 12.1 Å². The van der Waals surface area contributed by atoms with Crippen molar-refractivity contribution in [2.75, 3.05) is 7.11 Å². The van der Waals surface area contributed by atoms with Gasteiger partial charge in [0.15, 0.2) is 0 Å². The molecule has 1 aromatic rings. The maximum atomic E-state index is 11.8. The highest BCUT2D eigenvalue weighted by atomic mass is 32.1. The van der Waals surface area contributed by atoms with Gasteiger partial charge in [0.2, 0.25) is 5.91 Å². The van der Waals surface area contributed by atoms with E-state index >= 15 is 0 Å². The number of ether oxygens (including phenoxy) is 1. The molecule has 0 radical (unpaired) electrons. The molecule has 0 saturated heterocycles. The first-order valence-electron chi connectivity index (χ1n) is 6.76. The Morgan fingerprint density at radius 1 is 1.40 bits per heavy atom. The zero-order valence-corrected chi connectivity index (χ0v) is 12.6. The van der Waals surface area contributed by atoms with E-state index in [2.05, 4.69) is 15.4 Å². The molecule has 0 aliphatic heterocycles. The maximum Gasteiger partial charge on any atom is 0.310 e. The predicted molar refractivity (Wildman–Crippen MR) is 77.5 cm³/mol. The topological polar surface area (TPSA) is 67.4 Å². The lowest BCUT2D eigenvalue weighted by Crippen LogP contribution is -2.42. The fourth-order valence-electron chi connectivity index (χ4n) is 1.73. The molecule has 5 nitrogen and oxygen atoms in total. The van der Waals surface area contributed by atoms with Crippen molar-refractivity contribution in [2.24, 2.45) is 0 Å². The summed E-state index contributed by atoms with van der Waals surface area (Å²) >= 11 is 1.56. The van der Waals surface area contributed by atoms with Crippen LogP contribution in [0.1, 0.15) is 29.5 Å². The van der Waals surface area contributed by atoms with Crippen LogP contribution in [0, 0.1) is 0 Å². The van der Waals surface area contributed by atoms with Crippen LogP contribution in [-0.4, -0.2) is 31.1 Å². The monoisotopic (exact) mass is 296 g/mol. The number of nitrogens with one attached hydrogen (secondary N) is 2. The van der Waals surface area contributed by atoms with E-state index in [1.165, 1.54) is 7.11 Å². The fourth-order valence-corrected chi connectivity index (χ4v) is 2.68. The number of rotatable bonds is 7. The molecule has 1 amide bonds. The molecule has 1 aromatic heterocycles. The molecule has 1 heterocycles. The van der Waals surface area contributed by atoms with E-state index in [0.717, 1.165) is 22.6 Å². The first-order valence-corrected chi connectivity index (χ1v) is 7.58. The van der Waals surface area contributed by atoms with Gasteiger partial charge in [-0.3, -0.25) is 9.59 Å². The molecular formula is C14H20N2O3S. The number of thiophene rings is 1. The summed E-state index contributed by atoms with van der Waals surface area (Å²) in [5, 5.41) is 6.16. The molecule has 2 rings (SSSR count). The van der Waals surface area contributed by atoms with Crippen molar-refractivity contribution in [2.45, 2.75) is 44.8 Å². The molecule has 1 fully saturated rings. The van der Waals surface area contributed by atoms with Crippen molar-refractivity contribution in [3.63, 3.8) is 0 Å². The molecule has 20 heavy (non-hydrogen) atoms. The SMILES string of the molecule is COC(=O)Cc1ccc(CNC(C)C(=O)NC2CC2)s1. The minimum absolute atomic E-state index is 0.0545. The minimum Gasteiger partial charge on any atom is -0.469 e. The number of carbonyl (C=O) groups is 2. The Labute approximate surface area is 122 Å². The van der Waals surface area contributed by atoms with Crippen molar-refractivity contribution < 1.29 is 14.3 Å². The van der Waals surface area contributed by atoms with Crippen molar-refractivity contribution in [1.29, 1.82) is 0 Å². The molecule has 1 aliphatic carbocycles. The largest absolute Gasteiger partial charge is 0.469 e. The van der Waals surface area contributed by atoms with Gasteiger partial charge in [0.05, 0.1) is 19.6 Å². The summed E-state index contributed by atoms with van der Waals surface area (Å²) < 4.78 is 4.64. The summed E-state index contributed by atoms with van der Waals surface area (Å²) in [6.07, 6.45) is 2.50. The van der Waals surface area contributed by atoms with Gasteiger partial charge >= 0.3 is 5.97 Å². The molecule has 0 bridgehead atoms. The summed E-state index contributed by atoms with van der Waals surface area (Å²) in [5.74, 6) is -0.178. The Kier molecular flexibility index (Phi) is 5.14. The van der Waals surface area contributed by atoms with Gasteiger partial charge in [0.1, 0.15) is 0 Å². The van der Waals surface area contributed by atoms with Crippen LogP contribution in [0.3, 0.4) is 0 Å². The standard InChI is InChI=1S/C14H20N2O3S/c1-9(14(18)16-10-3-4-10)15-8-12-6-5-11(20-12)7-13(17)19-2/h5-6,9-10,15H,3-4,7-8H2,1-2H3,(H,16,18). The van der Waals surface area contributed by atoms with Gasteiger partial charge < -0.3 is 15.4 Å². The van der Waals surface area contributed by atoms with Crippen LogP contribution in [0.4, 0.5) is 0 Å². The van der Waals surface area contributed by atoms with Crippen LogP contribution in [0.5, 0.6) is 0 Å². The van der Waals surface area contributed by atoms with Crippen LogP contribution in [-0.2, 0) is 27.3 Å². The molecule has 2 N–H and O–H groups in total. The highest BCUT2D eigenvalue weighted by Crippen LogP contribution is 2.19. The molecule has 1 atom stereocenters. The predicted octanol–water partition coefficient (Wildman–Crippen LogP) is 1.22. The van der Waals surface area contributed by atoms with Crippen molar-refractivity contribution in [3.05, 3.63) is 21.9 Å². The smallest absolute Gasteiger partial charge is 0.310 e. The number of methoxy groups -OCH3 is 1. The fraction of sp³-hybridized carbons (Fsp3) is 0.571. The lowest BCUT2D eigenvalue weighted by Gasteiger charge is -2.12. The molecule has 1 unspecified atom stereocenters. The summed E-state index contributed by atoms with van der Waals surface area (Å²) in [6, 6.07) is 4.08. The Hall–Kier alpha value is -1.40. The van der Waals surface area contributed by atoms with Gasteiger partial charge in [-0.15, -0.1) is 11.3 Å². The summed E-state index contributed by atoms with van der Waals surface area (Å²) in [7, 11) is 1.39. The minimum atomic E-state index is -0.233. The summed E-state index contributed by atoms with van der Waals surface area (Å²) in [6.45, 7) is 2.49. The Morgan fingerprint density at radius 3 is 2.75 bits per heavy atom. The second-order valence-corrected chi connectivity index (χ2v) is 6.26. The molecule has 110 valence electrons. The zero-order valence-electron chi connectivity index (χ0n) is 11.8. The van der Waals surface area contributed by atoms with Gasteiger partial charge in [0, 0.05) is 22.3 Å². The van der Waals surface area contributed by atoms with E-state index in [0.29, 0.717) is 19.0 Å². The normalized spacial score (nSPS) is 15.7. The molecule has 1 aliphatic rings. The third-order valence-electron chi connectivity index (χ3n) is 3.16. The highest BCUT2D eigenvalue weighted by Gasteiger charge is 2.25. The quantitative estimate of drug-likeness (QED) is 0.743. The van der Waals surface area contributed by atoms with E-state index in [1.807, 2.05) is 19.1 Å². The van der Waals surface area contributed by atoms with Gasteiger partial charge in [-0.05, 0) is 31.9 Å². The number of amides is 1. The van der Waals surface area contributed by atoms with Crippen LogP contribution >= 0.6 is 11.3 Å². The second kappa shape index (κ2) is 6.85. The third-order valence-corrected chi connectivity index (χ3v) is 4.25. The molecule has 6 heteroatoms. The van der Waals surface area contributed by atoms with Gasteiger partial charge in [-0.25, -0.2) is 0 Å². The van der Waals surface area contributed by atoms with E-state index in [-0.39, 0.29) is 17.9 Å². The Balaban J connectivity index is 1.75. The lowest BCUT2D eigenvalue weighted by atomic mass is 10.3. The van der Waals surface area contributed by atoms with E-state index in [9.17, 15) is 9.59 Å². The highest BCUT2D eigenvalue weighted by molar-refractivity contribution is 7.12. The lowest BCUT2D eigenvalue weighted by molar-refractivity contribution is -0.139. The zero-order chi connectivity index (χ0) is 14.5. The van der Waals surface area contributed by atoms with Crippen LogP contribution in [0.2, 0.25) is 0 Å². The van der Waals surface area contributed by atoms with Crippen molar-refractivity contribution in [1.82, 2.24) is 10.6 Å². The van der Waals surface area contributed by atoms with Gasteiger partial charge in [-0.1, -0.05) is 0 Å². The Morgan fingerprint density at radius 2 is 2.10 bits per heavy atom. The first-order chi connectivity index (χ1) is 9.58. The molecule has 1 saturated carbocycles. The van der Waals surface area contributed by atoms with Crippen LogP contribution < -0.4 is 10.6 Å². The number of hydrogen-bond donors (Lipinski definition) is 2. The average Bonchev–Trinajstić information content (AvgIpc) is 3.13. The summed E-state index contributed by atoms with van der Waals surface area (Å²) in [5.41, 5.74) is 0. The Bertz CT molecular complexity index is 483. The first kappa shape index (κ1) is 15.0. The molecule has 0 aromatic carbocycles. The van der Waals surface area contributed by atoms with E-state index in [4.69, 9.17) is 0 Å². The summed E-state index contributed by atoms with van der Waals surface area (Å²) in [4.78, 5) is 25.0. The average molecular weight is 296 g/mol. The molecular weight excluding hydrogens is 276 g/mol. The van der Waals surface area contributed by atoms with Crippen molar-refractivity contribution >= 4 is 23.2 Å². The maximum absolute atomic E-state index is 11.8. The number of esters is 1. The van der Waals surface area contributed by atoms with Crippen LogP contribution in [0.25, 0.3) is 0 Å². The molecule has 0 spiro atoms. The number of carbonyl (C=O) groups excluding carboxylic acids is 2. The number of hydrogen-bond acceptors (Lipinski definition) is 5. The van der Waals surface area contributed by atoms with Gasteiger partial charge in [0.25, 0.3) is 0 Å². The third kappa shape index (κ3) is 4.61. The van der Waals surface area contributed by atoms with E-state index in [1.54, 1.807) is 11.3 Å². The van der Waals surface area contributed by atoms with Crippen molar-refractivity contribution in [3.8, 4) is 0 Å². The van der Waals surface area contributed by atoms with E-state index < -0.39 is 0 Å².